The Bertz CT molecular complexity index is 3580. The van der Waals surface area contributed by atoms with Crippen LogP contribution in [0.1, 0.15) is 0 Å². The molecule has 0 aliphatic heterocycles. The summed E-state index contributed by atoms with van der Waals surface area (Å²) in [7, 11) is 0. The van der Waals surface area contributed by atoms with Crippen molar-refractivity contribution in [3.05, 3.63) is 194 Å². The van der Waals surface area contributed by atoms with Crippen LogP contribution < -0.4 is 0 Å². The molecule has 12 aromatic rings. The molecule has 58 heavy (non-hydrogen) atoms. The number of benzene rings is 9. The van der Waals surface area contributed by atoms with Crippen LogP contribution in [0.25, 0.3) is 118 Å². The lowest BCUT2D eigenvalue weighted by molar-refractivity contribution is 1.19. The van der Waals surface area contributed by atoms with Gasteiger partial charge >= 0.3 is 0 Å². The van der Waals surface area contributed by atoms with Gasteiger partial charge in [0.1, 0.15) is 0 Å². The third-order valence-electron chi connectivity index (χ3n) is 11.5. The van der Waals surface area contributed by atoms with Gasteiger partial charge < -0.3 is 0 Å². The molecule has 270 valence electrons. The Hall–Kier alpha value is -6.98. The van der Waals surface area contributed by atoms with Crippen LogP contribution in [0.5, 0.6) is 0 Å². The highest BCUT2D eigenvalue weighted by Crippen LogP contribution is 2.46. The quantitative estimate of drug-likeness (QED) is 0.163. The molecule has 0 bridgehead atoms. The molecule has 0 saturated heterocycles. The van der Waals surface area contributed by atoms with Crippen LogP contribution in [0.2, 0.25) is 0 Å². The fourth-order valence-electron chi connectivity index (χ4n) is 8.80. The molecule has 0 N–H and O–H groups in total. The SMILES string of the molecule is c1ccc(-c2nc(-c3cc(-c4cccc5c4sc4ccccc45)ccc3-c3cccc4c3sc3ccccc34)cc(-c3cc4ccccc4c4ccccc34)n2)cc1. The smallest absolute Gasteiger partial charge is 0.160 e. The number of thiophene rings is 2. The predicted octanol–water partition coefficient (Wildman–Crippen LogP) is 15.9. The Kier molecular flexibility index (Phi) is 7.62. The Morgan fingerprint density at radius 1 is 0.293 bits per heavy atom. The van der Waals surface area contributed by atoms with E-state index in [0.29, 0.717) is 5.82 Å². The maximum Gasteiger partial charge on any atom is 0.160 e. The number of hydrogen-bond donors (Lipinski definition) is 0. The van der Waals surface area contributed by atoms with Crippen molar-refractivity contribution in [2.45, 2.75) is 0 Å². The number of hydrogen-bond acceptors (Lipinski definition) is 4. The van der Waals surface area contributed by atoms with Gasteiger partial charge in [0.05, 0.1) is 11.4 Å². The lowest BCUT2D eigenvalue weighted by Crippen LogP contribution is -1.98. The molecule has 0 spiro atoms. The maximum absolute atomic E-state index is 5.48. The zero-order valence-electron chi connectivity index (χ0n) is 31.2. The minimum absolute atomic E-state index is 0.702. The normalized spacial score (nSPS) is 11.8. The zero-order valence-corrected chi connectivity index (χ0v) is 32.8. The number of rotatable bonds is 5. The molecule has 0 saturated carbocycles. The van der Waals surface area contributed by atoms with Gasteiger partial charge in [-0.2, -0.15) is 0 Å². The van der Waals surface area contributed by atoms with Crippen molar-refractivity contribution in [3.63, 3.8) is 0 Å². The third-order valence-corrected chi connectivity index (χ3v) is 13.9. The number of nitrogens with zero attached hydrogens (tertiary/aromatic N) is 2. The first-order valence-electron chi connectivity index (χ1n) is 19.6. The van der Waals surface area contributed by atoms with Crippen molar-refractivity contribution in [1.82, 2.24) is 9.97 Å². The Labute approximate surface area is 343 Å². The van der Waals surface area contributed by atoms with E-state index in [1.54, 1.807) is 0 Å². The van der Waals surface area contributed by atoms with Crippen molar-refractivity contribution in [1.29, 1.82) is 0 Å². The predicted molar refractivity (Wildman–Crippen MR) is 250 cm³/mol. The molecule has 0 fully saturated rings. The average molecular weight is 773 g/mol. The maximum atomic E-state index is 5.48. The first kappa shape index (κ1) is 33.2. The summed E-state index contributed by atoms with van der Waals surface area (Å²) in [6.45, 7) is 0. The van der Waals surface area contributed by atoms with E-state index in [1.807, 2.05) is 28.7 Å². The molecule has 0 unspecified atom stereocenters. The highest BCUT2D eigenvalue weighted by atomic mass is 32.1. The van der Waals surface area contributed by atoms with Gasteiger partial charge in [0, 0.05) is 62.6 Å². The second-order valence-corrected chi connectivity index (χ2v) is 16.9. The molecule has 0 aliphatic carbocycles. The molecule has 2 nitrogen and oxygen atoms in total. The van der Waals surface area contributed by atoms with Crippen molar-refractivity contribution in [2.24, 2.45) is 0 Å². The van der Waals surface area contributed by atoms with Crippen molar-refractivity contribution in [2.75, 3.05) is 0 Å². The van der Waals surface area contributed by atoms with Crippen molar-refractivity contribution < 1.29 is 0 Å². The number of aromatic nitrogens is 2. The van der Waals surface area contributed by atoms with E-state index in [1.165, 1.54) is 73.0 Å². The van der Waals surface area contributed by atoms with Crippen LogP contribution in [-0.2, 0) is 0 Å². The van der Waals surface area contributed by atoms with E-state index in [9.17, 15) is 0 Å². The van der Waals surface area contributed by atoms with Gasteiger partial charge in [0.2, 0.25) is 0 Å². The molecule has 0 aliphatic rings. The first-order chi connectivity index (χ1) is 28.7. The van der Waals surface area contributed by atoms with Gasteiger partial charge in [0.25, 0.3) is 0 Å². The minimum Gasteiger partial charge on any atom is -0.228 e. The van der Waals surface area contributed by atoms with E-state index < -0.39 is 0 Å². The standard InChI is InChI=1S/C54H32N2S2/c1-2-14-33(15-3-1)54-55-48(46-30-34-16-4-5-17-36(34)38-18-6-7-19-39(38)46)32-49(56-54)47-31-35(37-22-12-24-44-41-20-8-10-26-50(41)57-52(37)44)28-29-40(47)43-23-13-25-45-42-21-9-11-27-51(42)58-53(43)45/h1-32H. The average Bonchev–Trinajstić information content (AvgIpc) is 3.88. The molecule has 3 aromatic heterocycles. The minimum atomic E-state index is 0.702. The highest BCUT2D eigenvalue weighted by molar-refractivity contribution is 7.26. The largest absolute Gasteiger partial charge is 0.228 e. The van der Waals surface area contributed by atoms with Crippen LogP contribution in [0.3, 0.4) is 0 Å². The van der Waals surface area contributed by atoms with E-state index in [0.717, 1.165) is 39.2 Å². The monoisotopic (exact) mass is 772 g/mol. The third kappa shape index (κ3) is 5.30. The van der Waals surface area contributed by atoms with Gasteiger partial charge in [-0.3, -0.25) is 0 Å². The topological polar surface area (TPSA) is 25.8 Å². The Morgan fingerprint density at radius 3 is 1.57 bits per heavy atom. The molecule has 0 amide bonds. The molecule has 3 heterocycles. The molecular formula is C54H32N2S2. The Morgan fingerprint density at radius 2 is 0.845 bits per heavy atom. The van der Waals surface area contributed by atoms with Crippen LogP contribution in [0, 0.1) is 0 Å². The highest BCUT2D eigenvalue weighted by Gasteiger charge is 2.20. The van der Waals surface area contributed by atoms with E-state index >= 15 is 0 Å². The summed E-state index contributed by atoms with van der Waals surface area (Å²) in [6.07, 6.45) is 0. The lowest BCUT2D eigenvalue weighted by atomic mass is 9.91. The second-order valence-electron chi connectivity index (χ2n) is 14.8. The molecule has 0 radical (unpaired) electrons. The summed E-state index contributed by atoms with van der Waals surface area (Å²) in [5, 5.41) is 9.97. The van der Waals surface area contributed by atoms with Crippen LogP contribution in [-0.4, -0.2) is 9.97 Å². The van der Waals surface area contributed by atoms with Gasteiger partial charge in [0.15, 0.2) is 5.82 Å². The van der Waals surface area contributed by atoms with Crippen LogP contribution >= 0.6 is 22.7 Å². The van der Waals surface area contributed by atoms with Gasteiger partial charge in [-0.1, -0.05) is 164 Å². The summed E-state index contributed by atoms with van der Waals surface area (Å²) in [5.41, 5.74) is 9.68. The van der Waals surface area contributed by atoms with Gasteiger partial charge in [-0.15, -0.1) is 22.7 Å². The van der Waals surface area contributed by atoms with Crippen molar-refractivity contribution in [3.8, 4) is 56.2 Å². The van der Waals surface area contributed by atoms with Gasteiger partial charge in [-0.25, -0.2) is 9.97 Å². The Balaban J connectivity index is 1.17. The summed E-state index contributed by atoms with van der Waals surface area (Å²) in [6, 6.07) is 70.2. The second kappa shape index (κ2) is 13.3. The molecule has 0 atom stereocenters. The summed E-state index contributed by atoms with van der Waals surface area (Å²) >= 11 is 3.73. The zero-order chi connectivity index (χ0) is 38.2. The molecule has 12 rings (SSSR count). The summed E-state index contributed by atoms with van der Waals surface area (Å²) in [4.78, 5) is 10.9. The summed E-state index contributed by atoms with van der Waals surface area (Å²) in [5.74, 6) is 0.702. The van der Waals surface area contributed by atoms with Crippen LogP contribution in [0.15, 0.2) is 194 Å². The van der Waals surface area contributed by atoms with Gasteiger partial charge in [-0.05, 0) is 68.6 Å². The molecule has 4 heteroatoms. The number of fused-ring (bicyclic) bond motifs is 9. The van der Waals surface area contributed by atoms with Crippen molar-refractivity contribution >= 4 is 84.6 Å². The van der Waals surface area contributed by atoms with E-state index in [-0.39, 0.29) is 0 Å². The van der Waals surface area contributed by atoms with E-state index in [2.05, 4.69) is 188 Å². The molecular weight excluding hydrogens is 741 g/mol. The first-order valence-corrected chi connectivity index (χ1v) is 21.2. The lowest BCUT2D eigenvalue weighted by Gasteiger charge is -2.17. The fourth-order valence-corrected chi connectivity index (χ4v) is 11.3. The van der Waals surface area contributed by atoms with E-state index in [4.69, 9.17) is 9.97 Å². The molecule has 9 aromatic carbocycles. The fraction of sp³-hybridized carbons (Fsp3) is 0. The van der Waals surface area contributed by atoms with Crippen LogP contribution in [0.4, 0.5) is 0 Å². The summed E-state index contributed by atoms with van der Waals surface area (Å²) < 4.78 is 5.17.